The highest BCUT2D eigenvalue weighted by Gasteiger charge is 2.08. The molecule has 0 aliphatic rings. The van der Waals surface area contributed by atoms with Gasteiger partial charge in [0.1, 0.15) is 12.2 Å². The molecule has 0 aliphatic carbocycles. The fourth-order valence-electron chi connectivity index (χ4n) is 1.51. The molecular formula is C14H18N2O2. The number of nitriles is 1. The summed E-state index contributed by atoms with van der Waals surface area (Å²) >= 11 is 0. The summed E-state index contributed by atoms with van der Waals surface area (Å²) in [5, 5.41) is 8.46. The van der Waals surface area contributed by atoms with Crippen molar-refractivity contribution in [3.63, 3.8) is 0 Å². The molecule has 0 saturated heterocycles. The van der Waals surface area contributed by atoms with Crippen LogP contribution in [0.4, 0.5) is 0 Å². The van der Waals surface area contributed by atoms with Crippen molar-refractivity contribution in [2.45, 2.75) is 32.9 Å². The predicted molar refractivity (Wildman–Crippen MR) is 68.9 cm³/mol. The molecule has 0 heterocycles. The van der Waals surface area contributed by atoms with Crippen molar-refractivity contribution in [3.8, 4) is 11.8 Å². The number of nitrogens with zero attached hydrogens (tertiary/aromatic N) is 2. The van der Waals surface area contributed by atoms with Crippen molar-refractivity contribution in [1.82, 2.24) is 4.90 Å². The first-order valence-electron chi connectivity index (χ1n) is 5.89. The molecule has 0 spiro atoms. The number of hydrogen-bond acceptors (Lipinski definition) is 3. The van der Waals surface area contributed by atoms with Crippen LogP contribution in [0.5, 0.6) is 5.75 Å². The Hall–Kier alpha value is -2.02. The Morgan fingerprint density at radius 2 is 2.00 bits per heavy atom. The molecule has 1 aromatic rings. The normalized spacial score (nSPS) is 9.94. The number of carbonyl (C=O) groups excluding carboxylic acids is 1. The van der Waals surface area contributed by atoms with E-state index in [1.54, 1.807) is 11.9 Å². The molecule has 1 aromatic carbocycles. The van der Waals surface area contributed by atoms with Crippen LogP contribution < -0.4 is 4.74 Å². The van der Waals surface area contributed by atoms with Crippen molar-refractivity contribution >= 4 is 5.91 Å². The third kappa shape index (κ3) is 4.46. The summed E-state index contributed by atoms with van der Waals surface area (Å²) in [4.78, 5) is 13.0. The first-order chi connectivity index (χ1) is 8.52. The molecule has 0 saturated carbocycles. The van der Waals surface area contributed by atoms with Crippen LogP contribution in [0.15, 0.2) is 24.3 Å². The standard InChI is InChI=1S/C14H18N2O2/c1-11(2)18-13-6-4-12(5-7-13)10-16(3)14(17)8-9-15/h4-7,11H,8,10H2,1-3H3. The predicted octanol–water partition coefficient (Wildman–Crippen LogP) is 2.35. The summed E-state index contributed by atoms with van der Waals surface area (Å²) in [6.45, 7) is 4.45. The van der Waals surface area contributed by atoms with E-state index >= 15 is 0 Å². The van der Waals surface area contributed by atoms with Crippen LogP contribution in [0.2, 0.25) is 0 Å². The third-order valence-electron chi connectivity index (χ3n) is 2.37. The maximum absolute atomic E-state index is 11.4. The van der Waals surface area contributed by atoms with Crippen LogP contribution in [-0.4, -0.2) is 24.0 Å². The Morgan fingerprint density at radius 3 is 2.50 bits per heavy atom. The Bertz CT molecular complexity index is 432. The van der Waals surface area contributed by atoms with Crippen LogP contribution in [-0.2, 0) is 11.3 Å². The second kappa shape index (κ2) is 6.65. The van der Waals surface area contributed by atoms with Gasteiger partial charge in [-0.2, -0.15) is 5.26 Å². The summed E-state index contributed by atoms with van der Waals surface area (Å²) in [7, 11) is 1.69. The highest BCUT2D eigenvalue weighted by molar-refractivity contribution is 5.77. The first kappa shape index (κ1) is 14.0. The molecule has 1 amide bonds. The average molecular weight is 246 g/mol. The summed E-state index contributed by atoms with van der Waals surface area (Å²) < 4.78 is 5.54. The molecule has 4 heteroatoms. The molecule has 0 unspecified atom stereocenters. The van der Waals surface area contributed by atoms with Gasteiger partial charge in [-0.1, -0.05) is 12.1 Å². The molecule has 0 radical (unpaired) electrons. The molecule has 1 rings (SSSR count). The number of amides is 1. The molecule has 0 fully saturated rings. The fourth-order valence-corrected chi connectivity index (χ4v) is 1.51. The van der Waals surface area contributed by atoms with Gasteiger partial charge >= 0.3 is 0 Å². The first-order valence-corrected chi connectivity index (χ1v) is 5.89. The van der Waals surface area contributed by atoms with Gasteiger partial charge < -0.3 is 9.64 Å². The molecule has 0 N–H and O–H groups in total. The minimum Gasteiger partial charge on any atom is -0.491 e. The van der Waals surface area contributed by atoms with E-state index in [0.29, 0.717) is 6.54 Å². The van der Waals surface area contributed by atoms with Gasteiger partial charge in [-0.05, 0) is 31.5 Å². The highest BCUT2D eigenvalue weighted by Crippen LogP contribution is 2.14. The monoisotopic (exact) mass is 246 g/mol. The Morgan fingerprint density at radius 1 is 1.39 bits per heavy atom. The third-order valence-corrected chi connectivity index (χ3v) is 2.37. The minimum absolute atomic E-state index is 0.0783. The number of carbonyl (C=O) groups is 1. The fraction of sp³-hybridized carbons (Fsp3) is 0.429. The van der Waals surface area contributed by atoms with Crippen LogP contribution in [0.3, 0.4) is 0 Å². The molecule has 0 aromatic heterocycles. The Kier molecular flexibility index (Phi) is 5.19. The van der Waals surface area contributed by atoms with E-state index in [4.69, 9.17) is 10.00 Å². The lowest BCUT2D eigenvalue weighted by molar-refractivity contribution is -0.129. The van der Waals surface area contributed by atoms with Gasteiger partial charge in [0.25, 0.3) is 0 Å². The maximum Gasteiger partial charge on any atom is 0.236 e. The van der Waals surface area contributed by atoms with Gasteiger partial charge in [-0.3, -0.25) is 4.79 Å². The van der Waals surface area contributed by atoms with Gasteiger partial charge in [0.05, 0.1) is 12.2 Å². The number of hydrogen-bond donors (Lipinski definition) is 0. The highest BCUT2D eigenvalue weighted by atomic mass is 16.5. The van der Waals surface area contributed by atoms with E-state index in [1.165, 1.54) is 0 Å². The zero-order chi connectivity index (χ0) is 13.5. The van der Waals surface area contributed by atoms with E-state index in [1.807, 2.05) is 44.2 Å². The number of rotatable bonds is 5. The van der Waals surface area contributed by atoms with Gasteiger partial charge in [-0.15, -0.1) is 0 Å². The molecule has 96 valence electrons. The smallest absolute Gasteiger partial charge is 0.236 e. The van der Waals surface area contributed by atoms with E-state index in [9.17, 15) is 4.79 Å². The van der Waals surface area contributed by atoms with Crippen molar-refractivity contribution in [1.29, 1.82) is 5.26 Å². The molecular weight excluding hydrogens is 228 g/mol. The van der Waals surface area contributed by atoms with E-state index in [0.717, 1.165) is 11.3 Å². The van der Waals surface area contributed by atoms with Gasteiger partial charge in [-0.25, -0.2) is 0 Å². The topological polar surface area (TPSA) is 53.3 Å². The zero-order valence-electron chi connectivity index (χ0n) is 11.0. The number of ether oxygens (including phenoxy) is 1. The van der Waals surface area contributed by atoms with Crippen molar-refractivity contribution in [2.24, 2.45) is 0 Å². The quantitative estimate of drug-likeness (QED) is 0.801. The largest absolute Gasteiger partial charge is 0.491 e. The van der Waals surface area contributed by atoms with Gasteiger partial charge in [0.15, 0.2) is 0 Å². The number of benzene rings is 1. The summed E-state index contributed by atoms with van der Waals surface area (Å²) in [6, 6.07) is 9.48. The summed E-state index contributed by atoms with van der Waals surface area (Å²) in [5.74, 6) is 0.653. The van der Waals surface area contributed by atoms with Gasteiger partial charge in [0.2, 0.25) is 5.91 Å². The minimum atomic E-state index is -0.167. The SMILES string of the molecule is CC(C)Oc1ccc(CN(C)C(=O)CC#N)cc1. The second-order valence-electron chi connectivity index (χ2n) is 4.40. The molecule has 4 nitrogen and oxygen atoms in total. The Labute approximate surface area is 108 Å². The summed E-state index contributed by atoms with van der Waals surface area (Å²) in [6.07, 6.45) is 0.0705. The van der Waals surface area contributed by atoms with Crippen molar-refractivity contribution in [2.75, 3.05) is 7.05 Å². The van der Waals surface area contributed by atoms with Gasteiger partial charge in [0, 0.05) is 13.6 Å². The van der Waals surface area contributed by atoms with Crippen LogP contribution >= 0.6 is 0 Å². The second-order valence-corrected chi connectivity index (χ2v) is 4.40. The molecule has 0 atom stereocenters. The van der Waals surface area contributed by atoms with Crippen LogP contribution in [0.1, 0.15) is 25.8 Å². The average Bonchev–Trinajstić information content (AvgIpc) is 2.31. The Balaban J connectivity index is 2.58. The van der Waals surface area contributed by atoms with Crippen LogP contribution in [0.25, 0.3) is 0 Å². The lowest BCUT2D eigenvalue weighted by Gasteiger charge is -2.16. The summed E-state index contributed by atoms with van der Waals surface area (Å²) in [5.41, 5.74) is 1.01. The van der Waals surface area contributed by atoms with Crippen molar-refractivity contribution < 1.29 is 9.53 Å². The van der Waals surface area contributed by atoms with E-state index < -0.39 is 0 Å². The maximum atomic E-state index is 11.4. The molecule has 0 aliphatic heterocycles. The van der Waals surface area contributed by atoms with Crippen molar-refractivity contribution in [3.05, 3.63) is 29.8 Å². The van der Waals surface area contributed by atoms with E-state index in [-0.39, 0.29) is 18.4 Å². The zero-order valence-corrected chi connectivity index (χ0v) is 11.0. The molecule has 0 bridgehead atoms. The lowest BCUT2D eigenvalue weighted by Crippen LogP contribution is -2.25. The van der Waals surface area contributed by atoms with E-state index in [2.05, 4.69) is 0 Å². The lowest BCUT2D eigenvalue weighted by atomic mass is 10.2. The molecule has 18 heavy (non-hydrogen) atoms. The van der Waals surface area contributed by atoms with Crippen LogP contribution in [0, 0.1) is 11.3 Å².